The van der Waals surface area contributed by atoms with Gasteiger partial charge in [-0.2, -0.15) is 14.8 Å². The molecule has 0 aliphatic heterocycles. The number of nitrogens with two attached hydrogens (primary N) is 1. The number of nitrogen functional groups attached to an aromatic ring is 1. The summed E-state index contributed by atoms with van der Waals surface area (Å²) < 4.78 is 25.0. The zero-order chi connectivity index (χ0) is 15.3. The largest absolute Gasteiger partial charge is 0.399 e. The lowest BCUT2D eigenvalue weighted by molar-refractivity contribution is -0.387. The van der Waals surface area contributed by atoms with Gasteiger partial charge in [-0.1, -0.05) is 0 Å². The maximum Gasteiger partial charge on any atom is 0.289 e. The first kappa shape index (κ1) is 15.4. The monoisotopic (exact) mass is 295 g/mol. The van der Waals surface area contributed by atoms with Crippen LogP contribution in [0.4, 0.5) is 11.4 Å². The van der Waals surface area contributed by atoms with E-state index in [-0.39, 0.29) is 5.69 Å². The normalized spacial score (nSPS) is 10.8. The van der Waals surface area contributed by atoms with E-state index < -0.39 is 38.6 Å². The average molecular weight is 295 g/mol. The molecule has 0 saturated heterocycles. The molecule has 10 heteroatoms. The summed E-state index contributed by atoms with van der Waals surface area (Å²) in [4.78, 5) is 9.35. The molecule has 2 N–H and O–H groups in total. The van der Waals surface area contributed by atoms with E-state index >= 15 is 0 Å². The molecule has 0 spiro atoms. The fourth-order valence-electron chi connectivity index (χ4n) is 1.41. The number of benzene rings is 1. The van der Waals surface area contributed by atoms with E-state index in [4.69, 9.17) is 16.3 Å². The molecule has 20 heavy (non-hydrogen) atoms. The van der Waals surface area contributed by atoms with E-state index in [9.17, 15) is 18.5 Å². The molecule has 0 aliphatic rings. The fraction of sp³-hybridized carbons (Fsp3) is 0.200. The summed E-state index contributed by atoms with van der Waals surface area (Å²) in [6, 6.07) is 6.25. The summed E-state index contributed by atoms with van der Waals surface area (Å²) in [5.41, 5.74) is 4.79. The van der Waals surface area contributed by atoms with E-state index in [1.54, 1.807) is 12.1 Å². The number of nitrogens with zero attached hydrogens (tertiary/aromatic N) is 4. The van der Waals surface area contributed by atoms with Crippen molar-refractivity contribution in [2.75, 3.05) is 18.8 Å². The second kappa shape index (κ2) is 5.97. The lowest BCUT2D eigenvalue weighted by Gasteiger charge is -2.16. The lowest BCUT2D eigenvalue weighted by Crippen LogP contribution is -2.32. The molecule has 0 heterocycles. The third-order valence-corrected chi connectivity index (χ3v) is 4.11. The molecule has 0 bridgehead atoms. The molecule has 1 aromatic rings. The van der Waals surface area contributed by atoms with Gasteiger partial charge >= 0.3 is 0 Å². The van der Waals surface area contributed by atoms with Gasteiger partial charge in [0.15, 0.2) is 4.90 Å². The number of sulfonamides is 1. The van der Waals surface area contributed by atoms with E-state index in [0.29, 0.717) is 4.31 Å². The molecular formula is C10H9N5O4S. The molecule has 0 amide bonds. The van der Waals surface area contributed by atoms with Gasteiger partial charge in [0.05, 0.1) is 17.1 Å². The Morgan fingerprint density at radius 2 is 1.85 bits per heavy atom. The Balaban J connectivity index is 3.49. The van der Waals surface area contributed by atoms with Crippen LogP contribution >= 0.6 is 0 Å². The van der Waals surface area contributed by atoms with E-state index in [0.717, 1.165) is 12.1 Å². The van der Waals surface area contributed by atoms with Gasteiger partial charge in [0.2, 0.25) is 0 Å². The summed E-state index contributed by atoms with van der Waals surface area (Å²) in [5.74, 6) is 0. The molecule has 0 fully saturated rings. The van der Waals surface area contributed by atoms with E-state index in [1.807, 2.05) is 0 Å². The predicted octanol–water partition coefficient (Wildman–Crippen LogP) is 0.215. The Labute approximate surface area is 114 Å². The average Bonchev–Trinajstić information content (AvgIpc) is 2.38. The number of hydrogen-bond acceptors (Lipinski definition) is 7. The highest BCUT2D eigenvalue weighted by atomic mass is 32.2. The summed E-state index contributed by atoms with van der Waals surface area (Å²) in [5, 5.41) is 28.0. The molecule has 104 valence electrons. The minimum Gasteiger partial charge on any atom is -0.399 e. The number of nitriles is 2. The van der Waals surface area contributed by atoms with Crippen molar-refractivity contribution >= 4 is 21.4 Å². The molecular weight excluding hydrogens is 286 g/mol. The molecule has 0 unspecified atom stereocenters. The van der Waals surface area contributed by atoms with E-state index in [1.165, 1.54) is 6.07 Å². The van der Waals surface area contributed by atoms with Gasteiger partial charge in [-0.25, -0.2) is 8.42 Å². The van der Waals surface area contributed by atoms with Crippen LogP contribution in [-0.4, -0.2) is 30.7 Å². The molecule has 0 saturated carbocycles. The molecule has 1 rings (SSSR count). The van der Waals surface area contributed by atoms with Crippen LogP contribution in [0.15, 0.2) is 23.1 Å². The Morgan fingerprint density at radius 3 is 2.30 bits per heavy atom. The van der Waals surface area contributed by atoms with Crippen molar-refractivity contribution in [3.8, 4) is 12.1 Å². The molecule has 0 aromatic heterocycles. The summed E-state index contributed by atoms with van der Waals surface area (Å²) in [7, 11) is -4.36. The highest BCUT2D eigenvalue weighted by Gasteiger charge is 2.31. The Kier molecular flexibility index (Phi) is 4.59. The van der Waals surface area contributed by atoms with Gasteiger partial charge in [-0.15, -0.1) is 0 Å². The topological polar surface area (TPSA) is 154 Å². The SMILES string of the molecule is N#CCN(CC#N)S(=O)(=O)c1cc(N)ccc1[N+](=O)[O-]. The second-order valence-corrected chi connectivity index (χ2v) is 5.48. The summed E-state index contributed by atoms with van der Waals surface area (Å²) in [6.07, 6.45) is 0. The van der Waals surface area contributed by atoms with Crippen LogP contribution < -0.4 is 5.73 Å². The van der Waals surface area contributed by atoms with Crippen molar-refractivity contribution in [1.82, 2.24) is 4.31 Å². The molecule has 0 aliphatic carbocycles. The maximum absolute atomic E-state index is 12.3. The zero-order valence-corrected chi connectivity index (χ0v) is 10.9. The number of rotatable bonds is 5. The van der Waals surface area contributed by atoms with Gasteiger partial charge in [0.1, 0.15) is 13.1 Å². The fourth-order valence-corrected chi connectivity index (χ4v) is 2.84. The van der Waals surface area contributed by atoms with Gasteiger partial charge in [-0.3, -0.25) is 10.1 Å². The van der Waals surface area contributed by atoms with Crippen molar-refractivity contribution in [2.24, 2.45) is 0 Å². The minimum absolute atomic E-state index is 0.0167. The van der Waals surface area contributed by atoms with Gasteiger partial charge in [0.25, 0.3) is 15.7 Å². The predicted molar refractivity (Wildman–Crippen MR) is 67.5 cm³/mol. The highest BCUT2D eigenvalue weighted by molar-refractivity contribution is 7.89. The Morgan fingerprint density at radius 1 is 1.30 bits per heavy atom. The number of nitro benzene ring substituents is 1. The molecule has 1 aromatic carbocycles. The van der Waals surface area contributed by atoms with E-state index in [2.05, 4.69) is 0 Å². The lowest BCUT2D eigenvalue weighted by atomic mass is 10.3. The smallest absolute Gasteiger partial charge is 0.289 e. The van der Waals surface area contributed by atoms with Crippen LogP contribution in [0.3, 0.4) is 0 Å². The van der Waals surface area contributed by atoms with Gasteiger partial charge in [-0.05, 0) is 12.1 Å². The first-order valence-corrected chi connectivity index (χ1v) is 6.56. The van der Waals surface area contributed by atoms with Crippen molar-refractivity contribution in [3.63, 3.8) is 0 Å². The van der Waals surface area contributed by atoms with Gasteiger partial charge in [0, 0.05) is 11.8 Å². The van der Waals surface area contributed by atoms with Crippen molar-refractivity contribution in [2.45, 2.75) is 4.90 Å². The first-order valence-electron chi connectivity index (χ1n) is 5.12. The van der Waals surface area contributed by atoms with Crippen molar-refractivity contribution < 1.29 is 13.3 Å². The third kappa shape index (κ3) is 3.00. The molecule has 0 radical (unpaired) electrons. The first-order chi connectivity index (χ1) is 9.34. The van der Waals surface area contributed by atoms with Crippen LogP contribution in [-0.2, 0) is 10.0 Å². The number of nitro groups is 1. The molecule has 9 nitrogen and oxygen atoms in total. The Bertz CT molecular complexity index is 700. The highest BCUT2D eigenvalue weighted by Crippen LogP contribution is 2.28. The molecule has 0 atom stereocenters. The summed E-state index contributed by atoms with van der Waals surface area (Å²) >= 11 is 0. The quantitative estimate of drug-likeness (QED) is 0.352. The van der Waals surface area contributed by atoms with Gasteiger partial charge < -0.3 is 5.73 Å². The van der Waals surface area contributed by atoms with Crippen LogP contribution in [0.5, 0.6) is 0 Å². The van der Waals surface area contributed by atoms with Crippen LogP contribution in [0.1, 0.15) is 0 Å². The van der Waals surface area contributed by atoms with Crippen molar-refractivity contribution in [3.05, 3.63) is 28.3 Å². The number of hydrogen-bond donors (Lipinski definition) is 1. The second-order valence-electron chi connectivity index (χ2n) is 3.57. The zero-order valence-electron chi connectivity index (χ0n) is 10.1. The standard InChI is InChI=1S/C10H9N5O4S/c11-3-5-14(6-4-12)20(18,19)10-7-8(13)1-2-9(10)15(16)17/h1-2,7H,5-6,13H2. The third-order valence-electron chi connectivity index (χ3n) is 2.29. The Hall–Kier alpha value is -2.69. The minimum atomic E-state index is -4.36. The van der Waals surface area contributed by atoms with Crippen molar-refractivity contribution in [1.29, 1.82) is 10.5 Å². The summed E-state index contributed by atoms with van der Waals surface area (Å²) in [6.45, 7) is -1.19. The number of anilines is 1. The maximum atomic E-state index is 12.3. The van der Waals surface area contributed by atoms with Crippen LogP contribution in [0, 0.1) is 32.8 Å². The van der Waals surface area contributed by atoms with Crippen LogP contribution in [0.2, 0.25) is 0 Å². The van der Waals surface area contributed by atoms with Crippen LogP contribution in [0.25, 0.3) is 0 Å².